The van der Waals surface area contributed by atoms with Crippen molar-refractivity contribution in [3.8, 4) is 0 Å². The van der Waals surface area contributed by atoms with E-state index in [2.05, 4.69) is 30.3 Å². The van der Waals surface area contributed by atoms with E-state index in [0.717, 1.165) is 26.2 Å². The Balaban J connectivity index is 2.49. The van der Waals surface area contributed by atoms with Gasteiger partial charge in [0.05, 0.1) is 12.9 Å². The van der Waals surface area contributed by atoms with E-state index >= 15 is 0 Å². The van der Waals surface area contributed by atoms with Gasteiger partial charge in [0, 0.05) is 37.5 Å². The summed E-state index contributed by atoms with van der Waals surface area (Å²) in [7, 11) is 0. The van der Waals surface area contributed by atoms with Gasteiger partial charge in [-0.2, -0.15) is 0 Å². The molecule has 0 aromatic carbocycles. The summed E-state index contributed by atoms with van der Waals surface area (Å²) in [6, 6.07) is 0. The number of hydrogen-bond acceptors (Lipinski definition) is 3. The molecule has 0 radical (unpaired) electrons. The quantitative estimate of drug-likeness (QED) is 0.688. The van der Waals surface area contributed by atoms with Crippen LogP contribution in [0.3, 0.4) is 0 Å². The zero-order valence-electron chi connectivity index (χ0n) is 11.9. The monoisotopic (exact) mass is 253 g/mol. The van der Waals surface area contributed by atoms with Crippen LogP contribution in [0.5, 0.6) is 0 Å². The second-order valence-electron chi connectivity index (χ2n) is 5.06. The van der Waals surface area contributed by atoms with E-state index in [1.54, 1.807) is 0 Å². The van der Waals surface area contributed by atoms with Crippen LogP contribution in [0.4, 0.5) is 0 Å². The predicted molar refractivity (Wildman–Crippen MR) is 74.6 cm³/mol. The first-order chi connectivity index (χ1) is 8.70. The van der Waals surface area contributed by atoms with Crippen LogP contribution >= 0.6 is 0 Å². The minimum Gasteiger partial charge on any atom is -0.380 e. The van der Waals surface area contributed by atoms with Gasteiger partial charge in [-0.3, -0.25) is 0 Å². The molecule has 1 heterocycles. The first-order valence-electron chi connectivity index (χ1n) is 6.98. The maximum atomic E-state index is 5.86. The molecule has 1 aromatic rings. The molecule has 1 atom stereocenters. The second-order valence-corrected chi connectivity index (χ2v) is 5.06. The summed E-state index contributed by atoms with van der Waals surface area (Å²) >= 11 is 0. The first-order valence-corrected chi connectivity index (χ1v) is 6.98. The fourth-order valence-electron chi connectivity index (χ4n) is 2.07. The second kappa shape index (κ2) is 8.27. The Morgan fingerprint density at radius 2 is 2.17 bits per heavy atom. The number of imidazole rings is 1. The number of aromatic nitrogens is 2. The fraction of sp³-hybridized carbons (Fsp3) is 0.786. The van der Waals surface area contributed by atoms with Gasteiger partial charge < -0.3 is 15.0 Å². The molecular weight excluding hydrogens is 226 g/mol. The van der Waals surface area contributed by atoms with Crippen molar-refractivity contribution in [2.75, 3.05) is 19.8 Å². The molecule has 0 aliphatic heterocycles. The molecule has 1 unspecified atom stereocenters. The van der Waals surface area contributed by atoms with E-state index in [4.69, 9.17) is 10.5 Å². The van der Waals surface area contributed by atoms with Crippen LogP contribution < -0.4 is 5.73 Å². The van der Waals surface area contributed by atoms with Gasteiger partial charge in [0.25, 0.3) is 0 Å². The molecular formula is C14H27N3O. The van der Waals surface area contributed by atoms with Gasteiger partial charge in [0.1, 0.15) is 0 Å². The maximum Gasteiger partial charge on any atom is 0.0949 e. The summed E-state index contributed by atoms with van der Waals surface area (Å²) < 4.78 is 7.77. The van der Waals surface area contributed by atoms with Crippen molar-refractivity contribution >= 4 is 0 Å². The Bertz CT molecular complexity index is 323. The fourth-order valence-corrected chi connectivity index (χ4v) is 2.07. The van der Waals surface area contributed by atoms with Crippen LogP contribution in [0.25, 0.3) is 0 Å². The minimum absolute atomic E-state index is 0.378. The Morgan fingerprint density at radius 1 is 1.39 bits per heavy atom. The Kier molecular flexibility index (Phi) is 6.98. The molecule has 0 aliphatic carbocycles. The summed E-state index contributed by atoms with van der Waals surface area (Å²) in [6.45, 7) is 9.71. The summed E-state index contributed by atoms with van der Waals surface area (Å²) in [6.07, 6.45) is 6.13. The van der Waals surface area contributed by atoms with Gasteiger partial charge in [0.2, 0.25) is 0 Å². The Hall–Kier alpha value is -0.870. The Morgan fingerprint density at radius 3 is 2.78 bits per heavy atom. The van der Waals surface area contributed by atoms with E-state index in [9.17, 15) is 0 Å². The third kappa shape index (κ3) is 4.42. The van der Waals surface area contributed by atoms with Gasteiger partial charge in [-0.25, -0.2) is 4.98 Å². The molecule has 0 fully saturated rings. The van der Waals surface area contributed by atoms with Gasteiger partial charge in [-0.15, -0.1) is 0 Å². The molecule has 4 nitrogen and oxygen atoms in total. The van der Waals surface area contributed by atoms with Gasteiger partial charge >= 0.3 is 0 Å². The van der Waals surface area contributed by atoms with Crippen LogP contribution in [-0.4, -0.2) is 29.3 Å². The van der Waals surface area contributed by atoms with Crippen molar-refractivity contribution < 1.29 is 4.74 Å². The van der Waals surface area contributed by atoms with E-state index in [0.29, 0.717) is 18.4 Å². The standard InChI is InChI=1S/C14H27N3O/c1-4-5-7-18-8-6-17-11-16-10-14(17)13(9-15)12(2)3/h10-13H,4-9,15H2,1-3H3. The molecule has 1 aromatic heterocycles. The topological polar surface area (TPSA) is 53.1 Å². The zero-order chi connectivity index (χ0) is 13.4. The number of hydrogen-bond donors (Lipinski definition) is 1. The summed E-state index contributed by atoms with van der Waals surface area (Å²) in [5.41, 5.74) is 7.08. The minimum atomic E-state index is 0.378. The number of nitrogens with two attached hydrogens (primary N) is 1. The van der Waals surface area contributed by atoms with Crippen LogP contribution in [0.15, 0.2) is 12.5 Å². The number of nitrogens with zero attached hydrogens (tertiary/aromatic N) is 2. The normalized spacial score (nSPS) is 13.2. The predicted octanol–water partition coefficient (Wildman–Crippen LogP) is 2.40. The Labute approximate surface area is 111 Å². The van der Waals surface area contributed by atoms with Crippen LogP contribution in [-0.2, 0) is 11.3 Å². The summed E-state index contributed by atoms with van der Waals surface area (Å²) in [5.74, 6) is 0.912. The van der Waals surface area contributed by atoms with Crippen LogP contribution in [0.1, 0.15) is 45.2 Å². The SMILES string of the molecule is CCCCOCCn1cncc1C(CN)C(C)C. The van der Waals surface area contributed by atoms with Crippen molar-refractivity contribution in [2.24, 2.45) is 11.7 Å². The highest BCUT2D eigenvalue weighted by Gasteiger charge is 2.17. The highest BCUT2D eigenvalue weighted by molar-refractivity contribution is 5.08. The van der Waals surface area contributed by atoms with E-state index in [-0.39, 0.29) is 0 Å². The lowest BCUT2D eigenvalue weighted by molar-refractivity contribution is 0.122. The van der Waals surface area contributed by atoms with Gasteiger partial charge in [-0.05, 0) is 12.3 Å². The largest absolute Gasteiger partial charge is 0.380 e. The van der Waals surface area contributed by atoms with Crippen molar-refractivity contribution in [3.63, 3.8) is 0 Å². The van der Waals surface area contributed by atoms with Crippen molar-refractivity contribution in [1.29, 1.82) is 0 Å². The number of unbranched alkanes of at least 4 members (excludes halogenated alkanes) is 1. The summed E-state index contributed by atoms with van der Waals surface area (Å²) in [5, 5.41) is 0. The molecule has 1 rings (SSSR count). The van der Waals surface area contributed by atoms with E-state index in [1.165, 1.54) is 12.1 Å². The lowest BCUT2D eigenvalue weighted by Gasteiger charge is -2.20. The summed E-state index contributed by atoms with van der Waals surface area (Å²) in [4.78, 5) is 4.24. The van der Waals surface area contributed by atoms with Crippen LogP contribution in [0.2, 0.25) is 0 Å². The van der Waals surface area contributed by atoms with Crippen molar-refractivity contribution in [3.05, 3.63) is 18.2 Å². The molecule has 0 spiro atoms. The van der Waals surface area contributed by atoms with Crippen LogP contribution in [0, 0.1) is 5.92 Å². The lowest BCUT2D eigenvalue weighted by Crippen LogP contribution is -2.21. The molecule has 0 saturated carbocycles. The molecule has 0 bridgehead atoms. The number of ether oxygens (including phenoxy) is 1. The molecule has 0 amide bonds. The third-order valence-electron chi connectivity index (χ3n) is 3.30. The first kappa shape index (κ1) is 15.2. The van der Waals surface area contributed by atoms with Crippen molar-refractivity contribution in [1.82, 2.24) is 9.55 Å². The lowest BCUT2D eigenvalue weighted by atomic mass is 9.93. The maximum absolute atomic E-state index is 5.86. The van der Waals surface area contributed by atoms with Crippen molar-refractivity contribution in [2.45, 2.75) is 46.1 Å². The molecule has 2 N–H and O–H groups in total. The van der Waals surface area contributed by atoms with E-state index < -0.39 is 0 Å². The van der Waals surface area contributed by atoms with E-state index in [1.807, 2.05) is 12.5 Å². The zero-order valence-corrected chi connectivity index (χ0v) is 11.9. The highest BCUT2D eigenvalue weighted by atomic mass is 16.5. The third-order valence-corrected chi connectivity index (χ3v) is 3.30. The number of rotatable bonds is 9. The average Bonchev–Trinajstić information content (AvgIpc) is 2.78. The molecule has 104 valence electrons. The molecule has 0 saturated heterocycles. The average molecular weight is 253 g/mol. The molecule has 0 aliphatic rings. The van der Waals surface area contributed by atoms with Gasteiger partial charge in [-0.1, -0.05) is 27.2 Å². The highest BCUT2D eigenvalue weighted by Crippen LogP contribution is 2.22. The molecule has 4 heteroatoms. The van der Waals surface area contributed by atoms with Gasteiger partial charge in [0.15, 0.2) is 0 Å². The molecule has 18 heavy (non-hydrogen) atoms. The smallest absolute Gasteiger partial charge is 0.0949 e.